The van der Waals surface area contributed by atoms with Crippen LogP contribution >= 0.6 is 0 Å². The van der Waals surface area contributed by atoms with E-state index in [1.807, 2.05) is 42.5 Å². The lowest BCUT2D eigenvalue weighted by molar-refractivity contribution is 0.0951. The third-order valence-corrected chi connectivity index (χ3v) is 4.25. The number of nitrogens with one attached hydrogen (secondary N) is 1. The predicted octanol–water partition coefficient (Wildman–Crippen LogP) is 3.84. The van der Waals surface area contributed by atoms with Gasteiger partial charge in [0.15, 0.2) is 0 Å². The van der Waals surface area contributed by atoms with Gasteiger partial charge in [0.2, 0.25) is 0 Å². The lowest BCUT2D eigenvalue weighted by Crippen LogP contribution is -2.25. The molecule has 1 aliphatic rings. The van der Waals surface area contributed by atoms with Crippen LogP contribution in [0.1, 0.15) is 23.2 Å². The Morgan fingerprint density at radius 2 is 1.74 bits per heavy atom. The van der Waals surface area contributed by atoms with E-state index in [0.29, 0.717) is 23.1 Å². The molecule has 2 aromatic carbocycles. The van der Waals surface area contributed by atoms with Crippen molar-refractivity contribution in [1.29, 1.82) is 0 Å². The van der Waals surface area contributed by atoms with Crippen molar-refractivity contribution >= 4 is 5.91 Å². The second-order valence-corrected chi connectivity index (χ2v) is 6.36. The van der Waals surface area contributed by atoms with Crippen molar-refractivity contribution in [2.75, 3.05) is 7.11 Å². The molecule has 0 aliphatic heterocycles. The molecule has 3 aromatic rings. The van der Waals surface area contributed by atoms with Crippen molar-refractivity contribution in [3.8, 4) is 28.6 Å². The van der Waals surface area contributed by atoms with Crippen LogP contribution in [0.5, 0.6) is 17.5 Å². The highest BCUT2D eigenvalue weighted by atomic mass is 16.5. The number of hydrogen-bond donors (Lipinski definition) is 1. The van der Waals surface area contributed by atoms with E-state index >= 15 is 0 Å². The van der Waals surface area contributed by atoms with Gasteiger partial charge in [-0.1, -0.05) is 18.2 Å². The predicted molar refractivity (Wildman–Crippen MR) is 101 cm³/mol. The van der Waals surface area contributed by atoms with Gasteiger partial charge in [0.1, 0.15) is 11.5 Å². The minimum absolute atomic E-state index is 0.0433. The van der Waals surface area contributed by atoms with E-state index in [9.17, 15) is 4.79 Å². The average molecular weight is 361 g/mol. The third-order valence-electron chi connectivity index (χ3n) is 4.25. The van der Waals surface area contributed by atoms with Crippen LogP contribution in [-0.2, 0) is 0 Å². The highest BCUT2D eigenvalue weighted by molar-refractivity contribution is 5.95. The Kier molecular flexibility index (Phi) is 4.70. The summed E-state index contributed by atoms with van der Waals surface area (Å²) in [6.07, 6.45) is 5.49. The van der Waals surface area contributed by atoms with Crippen molar-refractivity contribution in [2.45, 2.75) is 18.9 Å². The minimum Gasteiger partial charge on any atom is -0.497 e. The van der Waals surface area contributed by atoms with Gasteiger partial charge in [0.05, 0.1) is 7.11 Å². The lowest BCUT2D eigenvalue weighted by atomic mass is 10.1. The SMILES string of the molecule is COc1cccc(Oc2ncc(-c3cccc(C(=O)NC4CC4)c3)cn2)c1. The standard InChI is InChI=1S/C21H19N3O3/c1-26-18-6-3-7-19(11-18)27-21-22-12-16(13-23-21)14-4-2-5-15(10-14)20(25)24-17-8-9-17/h2-7,10-13,17H,8-9H2,1H3,(H,24,25). The summed E-state index contributed by atoms with van der Waals surface area (Å²) in [4.78, 5) is 20.7. The van der Waals surface area contributed by atoms with Crippen LogP contribution in [-0.4, -0.2) is 29.0 Å². The number of aromatic nitrogens is 2. The van der Waals surface area contributed by atoms with Crippen LogP contribution in [0.4, 0.5) is 0 Å². The molecule has 27 heavy (non-hydrogen) atoms. The number of carbonyl (C=O) groups excluding carboxylic acids is 1. The van der Waals surface area contributed by atoms with Gasteiger partial charge in [-0.05, 0) is 42.7 Å². The van der Waals surface area contributed by atoms with Crippen LogP contribution in [0, 0.1) is 0 Å². The van der Waals surface area contributed by atoms with Gasteiger partial charge >= 0.3 is 6.01 Å². The Morgan fingerprint density at radius 3 is 2.48 bits per heavy atom. The molecule has 1 fully saturated rings. The Bertz CT molecular complexity index is 953. The Morgan fingerprint density at radius 1 is 1.00 bits per heavy atom. The van der Waals surface area contributed by atoms with E-state index in [0.717, 1.165) is 24.0 Å². The molecule has 0 radical (unpaired) electrons. The summed E-state index contributed by atoms with van der Waals surface area (Å²) in [5, 5.41) is 2.99. The Hall–Kier alpha value is -3.41. The Labute approximate surface area is 157 Å². The third kappa shape index (κ3) is 4.23. The van der Waals surface area contributed by atoms with Gasteiger partial charge < -0.3 is 14.8 Å². The van der Waals surface area contributed by atoms with E-state index in [4.69, 9.17) is 9.47 Å². The molecule has 1 aromatic heterocycles. The van der Waals surface area contributed by atoms with E-state index in [1.54, 1.807) is 25.6 Å². The zero-order valence-electron chi connectivity index (χ0n) is 14.9. The molecule has 1 aliphatic carbocycles. The van der Waals surface area contributed by atoms with Crippen LogP contribution in [0.3, 0.4) is 0 Å². The van der Waals surface area contributed by atoms with Crippen molar-refractivity contribution in [3.05, 3.63) is 66.5 Å². The van der Waals surface area contributed by atoms with Crippen LogP contribution in [0.25, 0.3) is 11.1 Å². The number of benzene rings is 2. The zero-order valence-corrected chi connectivity index (χ0v) is 14.9. The topological polar surface area (TPSA) is 73.3 Å². The maximum atomic E-state index is 12.2. The highest BCUT2D eigenvalue weighted by Crippen LogP contribution is 2.25. The van der Waals surface area contributed by atoms with Crippen molar-refractivity contribution in [3.63, 3.8) is 0 Å². The quantitative estimate of drug-likeness (QED) is 0.722. The summed E-state index contributed by atoms with van der Waals surface area (Å²) in [6.45, 7) is 0. The number of hydrogen-bond acceptors (Lipinski definition) is 5. The molecule has 1 heterocycles. The smallest absolute Gasteiger partial charge is 0.321 e. The van der Waals surface area contributed by atoms with Crippen LogP contribution in [0.2, 0.25) is 0 Å². The van der Waals surface area contributed by atoms with Gasteiger partial charge in [-0.3, -0.25) is 4.79 Å². The maximum absolute atomic E-state index is 12.2. The van der Waals surface area contributed by atoms with Gasteiger partial charge in [0.25, 0.3) is 5.91 Å². The first-order valence-corrected chi connectivity index (χ1v) is 8.76. The van der Waals surface area contributed by atoms with Crippen molar-refractivity contribution < 1.29 is 14.3 Å². The average Bonchev–Trinajstić information content (AvgIpc) is 3.53. The molecule has 136 valence electrons. The first-order chi connectivity index (χ1) is 13.2. The number of amides is 1. The first-order valence-electron chi connectivity index (χ1n) is 8.76. The van der Waals surface area contributed by atoms with Crippen molar-refractivity contribution in [2.24, 2.45) is 0 Å². The van der Waals surface area contributed by atoms with Crippen LogP contribution < -0.4 is 14.8 Å². The number of nitrogens with zero attached hydrogens (tertiary/aromatic N) is 2. The normalized spacial score (nSPS) is 13.1. The molecular formula is C21H19N3O3. The maximum Gasteiger partial charge on any atom is 0.321 e. The lowest BCUT2D eigenvalue weighted by Gasteiger charge is -2.08. The highest BCUT2D eigenvalue weighted by Gasteiger charge is 2.23. The molecule has 0 atom stereocenters. The summed E-state index contributed by atoms with van der Waals surface area (Å²) in [5.74, 6) is 1.25. The molecule has 0 spiro atoms. The largest absolute Gasteiger partial charge is 0.497 e. The fourth-order valence-electron chi connectivity index (χ4n) is 2.62. The molecule has 0 saturated heterocycles. The second-order valence-electron chi connectivity index (χ2n) is 6.36. The summed E-state index contributed by atoms with van der Waals surface area (Å²) in [6, 6.07) is 15.3. The zero-order chi connectivity index (χ0) is 18.6. The van der Waals surface area contributed by atoms with Gasteiger partial charge in [-0.25, -0.2) is 9.97 Å². The van der Waals surface area contributed by atoms with E-state index in [-0.39, 0.29) is 11.9 Å². The number of carbonyl (C=O) groups is 1. The second kappa shape index (κ2) is 7.45. The number of rotatable bonds is 6. The molecule has 0 unspecified atom stereocenters. The molecular weight excluding hydrogens is 342 g/mol. The van der Waals surface area contributed by atoms with E-state index in [1.165, 1.54) is 0 Å². The molecule has 6 heteroatoms. The molecule has 1 saturated carbocycles. The summed E-state index contributed by atoms with van der Waals surface area (Å²) in [7, 11) is 1.60. The summed E-state index contributed by atoms with van der Waals surface area (Å²) < 4.78 is 10.8. The molecule has 1 amide bonds. The molecule has 1 N–H and O–H groups in total. The van der Waals surface area contributed by atoms with Gasteiger partial charge in [-0.2, -0.15) is 0 Å². The first kappa shape index (κ1) is 17.0. The molecule has 6 nitrogen and oxygen atoms in total. The monoisotopic (exact) mass is 361 g/mol. The van der Waals surface area contributed by atoms with Gasteiger partial charge in [-0.15, -0.1) is 0 Å². The number of ether oxygens (including phenoxy) is 2. The summed E-state index contributed by atoms with van der Waals surface area (Å²) in [5.41, 5.74) is 2.33. The fourth-order valence-corrected chi connectivity index (χ4v) is 2.62. The van der Waals surface area contributed by atoms with Gasteiger partial charge in [0, 0.05) is 35.6 Å². The fraction of sp³-hybridized carbons (Fsp3) is 0.190. The molecule has 0 bridgehead atoms. The van der Waals surface area contributed by atoms with Crippen LogP contribution in [0.15, 0.2) is 60.9 Å². The minimum atomic E-state index is -0.0433. The number of methoxy groups -OCH3 is 1. The molecule has 4 rings (SSSR count). The Balaban J connectivity index is 1.49. The van der Waals surface area contributed by atoms with Crippen molar-refractivity contribution in [1.82, 2.24) is 15.3 Å². The van der Waals surface area contributed by atoms with E-state index in [2.05, 4.69) is 15.3 Å². The summed E-state index contributed by atoms with van der Waals surface area (Å²) >= 11 is 0. The van der Waals surface area contributed by atoms with E-state index < -0.39 is 0 Å².